The molecule has 0 saturated heterocycles. The van der Waals surface area contributed by atoms with Gasteiger partial charge in [0.25, 0.3) is 11.4 Å². The summed E-state index contributed by atoms with van der Waals surface area (Å²) in [7, 11) is 1.60. The number of rotatable bonds is 5. The van der Waals surface area contributed by atoms with Gasteiger partial charge >= 0.3 is 0 Å². The van der Waals surface area contributed by atoms with E-state index in [0.29, 0.717) is 23.5 Å². The SMILES string of the molecule is COc1cccc(Cn2cc(-c3nc(-c4ccc(F)cc4)no3)ccc2=O)c1. The molecule has 4 aromatic rings. The minimum atomic E-state index is -0.336. The molecule has 0 atom stereocenters. The summed E-state index contributed by atoms with van der Waals surface area (Å²) in [6.07, 6.45) is 1.67. The molecule has 2 aromatic carbocycles. The van der Waals surface area contributed by atoms with Crippen LogP contribution in [0.1, 0.15) is 5.56 Å². The molecule has 0 saturated carbocycles. The molecule has 4 rings (SSSR count). The van der Waals surface area contributed by atoms with Crippen molar-refractivity contribution >= 4 is 0 Å². The zero-order valence-electron chi connectivity index (χ0n) is 15.0. The predicted octanol–water partition coefficient (Wildman–Crippen LogP) is 3.76. The summed E-state index contributed by atoms with van der Waals surface area (Å²) in [6, 6.07) is 16.4. The van der Waals surface area contributed by atoms with Gasteiger partial charge in [0.2, 0.25) is 5.82 Å². The molecule has 0 spiro atoms. The molecule has 7 heteroatoms. The lowest BCUT2D eigenvalue weighted by atomic mass is 10.2. The van der Waals surface area contributed by atoms with E-state index in [0.717, 1.165) is 11.3 Å². The molecule has 140 valence electrons. The normalized spacial score (nSPS) is 10.8. The standard InChI is InChI=1S/C21H16FN3O3/c1-27-18-4-2-3-14(11-18)12-25-13-16(7-10-19(25)26)21-23-20(24-28-21)15-5-8-17(22)9-6-15/h2-11,13H,12H2,1H3. The second-order valence-electron chi connectivity index (χ2n) is 6.17. The number of hydrogen-bond donors (Lipinski definition) is 0. The van der Waals surface area contributed by atoms with Crippen LogP contribution in [0.5, 0.6) is 5.75 Å². The second-order valence-corrected chi connectivity index (χ2v) is 6.17. The lowest BCUT2D eigenvalue weighted by Gasteiger charge is -2.08. The Morgan fingerprint density at radius 2 is 1.86 bits per heavy atom. The topological polar surface area (TPSA) is 70.2 Å². The average molecular weight is 377 g/mol. The van der Waals surface area contributed by atoms with Crippen LogP contribution >= 0.6 is 0 Å². The molecule has 0 amide bonds. The first-order valence-corrected chi connectivity index (χ1v) is 8.56. The highest BCUT2D eigenvalue weighted by molar-refractivity contribution is 5.59. The van der Waals surface area contributed by atoms with Crippen LogP contribution in [-0.2, 0) is 6.54 Å². The van der Waals surface area contributed by atoms with Crippen molar-refractivity contribution in [3.63, 3.8) is 0 Å². The monoisotopic (exact) mass is 377 g/mol. The number of halogens is 1. The van der Waals surface area contributed by atoms with Gasteiger partial charge in [0.1, 0.15) is 11.6 Å². The van der Waals surface area contributed by atoms with Crippen molar-refractivity contribution < 1.29 is 13.7 Å². The van der Waals surface area contributed by atoms with E-state index in [1.54, 1.807) is 36.1 Å². The Kier molecular flexibility index (Phi) is 4.72. The fourth-order valence-corrected chi connectivity index (χ4v) is 2.81. The van der Waals surface area contributed by atoms with Crippen LogP contribution in [0.25, 0.3) is 22.8 Å². The number of hydrogen-bond acceptors (Lipinski definition) is 5. The number of ether oxygens (including phenoxy) is 1. The van der Waals surface area contributed by atoms with Crippen LogP contribution in [0.2, 0.25) is 0 Å². The van der Waals surface area contributed by atoms with Crippen molar-refractivity contribution in [2.24, 2.45) is 0 Å². The lowest BCUT2D eigenvalue weighted by Crippen LogP contribution is -2.19. The highest BCUT2D eigenvalue weighted by atomic mass is 19.1. The van der Waals surface area contributed by atoms with Gasteiger partial charge in [0, 0.05) is 17.8 Å². The van der Waals surface area contributed by atoms with Gasteiger partial charge in [-0.3, -0.25) is 4.79 Å². The highest BCUT2D eigenvalue weighted by Gasteiger charge is 2.12. The lowest BCUT2D eigenvalue weighted by molar-refractivity contribution is 0.414. The quantitative estimate of drug-likeness (QED) is 0.530. The number of nitrogens with zero attached hydrogens (tertiary/aromatic N) is 3. The Morgan fingerprint density at radius 3 is 2.64 bits per heavy atom. The third-order valence-electron chi connectivity index (χ3n) is 4.25. The Balaban J connectivity index is 1.63. The van der Waals surface area contributed by atoms with Gasteiger partial charge in [-0.25, -0.2) is 4.39 Å². The number of methoxy groups -OCH3 is 1. The van der Waals surface area contributed by atoms with Crippen molar-refractivity contribution in [3.8, 4) is 28.6 Å². The highest BCUT2D eigenvalue weighted by Crippen LogP contribution is 2.22. The summed E-state index contributed by atoms with van der Waals surface area (Å²) < 4.78 is 25.2. The first kappa shape index (κ1) is 17.7. The molecular weight excluding hydrogens is 361 g/mol. The van der Waals surface area contributed by atoms with Crippen LogP contribution in [0.3, 0.4) is 0 Å². The summed E-state index contributed by atoms with van der Waals surface area (Å²) >= 11 is 0. The Morgan fingerprint density at radius 1 is 1.07 bits per heavy atom. The van der Waals surface area contributed by atoms with Gasteiger partial charge < -0.3 is 13.8 Å². The van der Waals surface area contributed by atoms with Crippen LogP contribution in [0.15, 0.2) is 76.2 Å². The molecule has 0 bridgehead atoms. The molecule has 0 aliphatic heterocycles. The largest absolute Gasteiger partial charge is 0.497 e. The van der Waals surface area contributed by atoms with Crippen molar-refractivity contribution in [2.75, 3.05) is 7.11 Å². The smallest absolute Gasteiger partial charge is 0.259 e. The number of aromatic nitrogens is 3. The minimum Gasteiger partial charge on any atom is -0.497 e. The van der Waals surface area contributed by atoms with E-state index in [2.05, 4.69) is 10.1 Å². The summed E-state index contributed by atoms with van der Waals surface area (Å²) in [6.45, 7) is 0.378. The molecule has 6 nitrogen and oxygen atoms in total. The molecule has 28 heavy (non-hydrogen) atoms. The van der Waals surface area contributed by atoms with E-state index in [-0.39, 0.29) is 17.3 Å². The van der Waals surface area contributed by atoms with E-state index in [1.165, 1.54) is 18.2 Å². The van der Waals surface area contributed by atoms with Gasteiger partial charge in [-0.2, -0.15) is 4.98 Å². The van der Waals surface area contributed by atoms with E-state index >= 15 is 0 Å². The van der Waals surface area contributed by atoms with E-state index in [1.807, 2.05) is 24.3 Å². The van der Waals surface area contributed by atoms with Crippen molar-refractivity contribution in [2.45, 2.75) is 6.54 Å². The molecule has 0 fully saturated rings. The van der Waals surface area contributed by atoms with Crippen LogP contribution < -0.4 is 10.3 Å². The van der Waals surface area contributed by atoms with E-state index in [4.69, 9.17) is 9.26 Å². The maximum atomic E-state index is 13.1. The Bertz CT molecular complexity index is 1170. The van der Waals surface area contributed by atoms with Gasteiger partial charge in [0.15, 0.2) is 0 Å². The third-order valence-corrected chi connectivity index (χ3v) is 4.25. The van der Waals surface area contributed by atoms with Gasteiger partial charge in [-0.1, -0.05) is 17.3 Å². The van der Waals surface area contributed by atoms with Gasteiger partial charge in [0.05, 0.1) is 19.2 Å². The van der Waals surface area contributed by atoms with Gasteiger partial charge in [-0.05, 0) is 48.0 Å². The summed E-state index contributed by atoms with van der Waals surface area (Å²) in [5.41, 5.74) is 2.03. The van der Waals surface area contributed by atoms with Crippen molar-refractivity contribution in [3.05, 3.63) is 88.6 Å². The molecule has 0 N–H and O–H groups in total. The van der Waals surface area contributed by atoms with E-state index < -0.39 is 0 Å². The third kappa shape index (κ3) is 3.68. The molecule has 0 radical (unpaired) electrons. The van der Waals surface area contributed by atoms with Crippen LogP contribution in [-0.4, -0.2) is 21.8 Å². The maximum absolute atomic E-state index is 13.1. The minimum absolute atomic E-state index is 0.148. The predicted molar refractivity (Wildman–Crippen MR) is 101 cm³/mol. The van der Waals surface area contributed by atoms with Crippen molar-refractivity contribution in [1.29, 1.82) is 0 Å². The molecule has 0 aliphatic rings. The maximum Gasteiger partial charge on any atom is 0.259 e. The molecule has 2 heterocycles. The number of benzene rings is 2. The fourth-order valence-electron chi connectivity index (χ4n) is 2.81. The average Bonchev–Trinajstić information content (AvgIpc) is 3.20. The van der Waals surface area contributed by atoms with Gasteiger partial charge in [-0.15, -0.1) is 0 Å². The fraction of sp³-hybridized carbons (Fsp3) is 0.0952. The van der Waals surface area contributed by atoms with Crippen LogP contribution in [0, 0.1) is 5.82 Å². The molecule has 2 aromatic heterocycles. The summed E-state index contributed by atoms with van der Waals surface area (Å²) in [5, 5.41) is 3.94. The molecule has 0 unspecified atom stereocenters. The summed E-state index contributed by atoms with van der Waals surface area (Å²) in [5.74, 6) is 1.01. The van der Waals surface area contributed by atoms with Crippen molar-refractivity contribution in [1.82, 2.24) is 14.7 Å². The zero-order chi connectivity index (χ0) is 19.5. The number of pyridine rings is 1. The Hall–Kier alpha value is -3.74. The van der Waals surface area contributed by atoms with E-state index in [9.17, 15) is 9.18 Å². The second kappa shape index (κ2) is 7.48. The Labute approximate surface area is 159 Å². The summed E-state index contributed by atoms with van der Waals surface area (Å²) in [4.78, 5) is 16.6. The first-order valence-electron chi connectivity index (χ1n) is 8.56. The molecule has 0 aliphatic carbocycles. The molecular formula is C21H16FN3O3. The zero-order valence-corrected chi connectivity index (χ0v) is 15.0. The first-order chi connectivity index (χ1) is 13.6. The van der Waals surface area contributed by atoms with Crippen LogP contribution in [0.4, 0.5) is 4.39 Å².